The molecule has 1 atom stereocenters. The van der Waals surface area contributed by atoms with Gasteiger partial charge in [0, 0.05) is 32.4 Å². The second-order valence-electron chi connectivity index (χ2n) is 5.62. The van der Waals surface area contributed by atoms with Gasteiger partial charge in [-0.3, -0.25) is 4.79 Å². The summed E-state index contributed by atoms with van der Waals surface area (Å²) < 4.78 is 10.6. The number of ether oxygens (including phenoxy) is 2. The molecule has 4 nitrogen and oxygen atoms in total. The molecule has 1 aromatic carbocycles. The molecule has 1 heterocycles. The van der Waals surface area contributed by atoms with E-state index in [1.807, 2.05) is 29.2 Å². The van der Waals surface area contributed by atoms with Gasteiger partial charge in [-0.25, -0.2) is 0 Å². The summed E-state index contributed by atoms with van der Waals surface area (Å²) in [5.74, 6) is 1.56. The molecule has 1 amide bonds. The smallest absolute Gasteiger partial charge is 0.227 e. The van der Waals surface area contributed by atoms with E-state index in [1.54, 1.807) is 14.2 Å². The number of hydrogen-bond donors (Lipinski definition) is 0. The summed E-state index contributed by atoms with van der Waals surface area (Å²) in [6.45, 7) is 2.49. The Bertz CT molecular complexity index is 461. The lowest BCUT2D eigenvalue weighted by atomic mass is 10.0. The van der Waals surface area contributed by atoms with E-state index >= 15 is 0 Å². The van der Waals surface area contributed by atoms with Crippen LogP contribution in [0, 0.1) is 5.92 Å². The molecule has 4 heteroatoms. The third-order valence-electron chi connectivity index (χ3n) is 4.14. The fourth-order valence-electron chi connectivity index (χ4n) is 2.94. The second kappa shape index (κ2) is 8.03. The van der Waals surface area contributed by atoms with Gasteiger partial charge in [0.05, 0.1) is 13.5 Å². The van der Waals surface area contributed by atoms with Crippen molar-refractivity contribution in [2.24, 2.45) is 5.92 Å². The zero-order chi connectivity index (χ0) is 15.1. The van der Waals surface area contributed by atoms with Crippen LogP contribution in [0.1, 0.15) is 24.8 Å². The number of rotatable bonds is 5. The van der Waals surface area contributed by atoms with Gasteiger partial charge in [0.2, 0.25) is 5.91 Å². The van der Waals surface area contributed by atoms with E-state index in [9.17, 15) is 4.79 Å². The minimum Gasteiger partial charge on any atom is -0.496 e. The minimum atomic E-state index is 0.192. The third kappa shape index (κ3) is 4.46. The van der Waals surface area contributed by atoms with E-state index in [4.69, 9.17) is 9.47 Å². The van der Waals surface area contributed by atoms with Crippen molar-refractivity contribution in [1.29, 1.82) is 0 Å². The lowest BCUT2D eigenvalue weighted by Gasteiger charge is -2.21. The Kier molecular flexibility index (Phi) is 6.05. The van der Waals surface area contributed by atoms with Gasteiger partial charge >= 0.3 is 0 Å². The van der Waals surface area contributed by atoms with Crippen molar-refractivity contribution in [1.82, 2.24) is 4.90 Å². The molecule has 0 bridgehead atoms. The summed E-state index contributed by atoms with van der Waals surface area (Å²) >= 11 is 0. The molecule has 1 aliphatic rings. The highest BCUT2D eigenvalue weighted by atomic mass is 16.5. The van der Waals surface area contributed by atoms with Crippen LogP contribution < -0.4 is 4.74 Å². The lowest BCUT2D eigenvalue weighted by molar-refractivity contribution is -0.130. The Hall–Kier alpha value is -1.55. The summed E-state index contributed by atoms with van der Waals surface area (Å²) in [4.78, 5) is 14.5. The summed E-state index contributed by atoms with van der Waals surface area (Å²) in [5.41, 5.74) is 0.961. The molecule has 1 aromatic rings. The maximum atomic E-state index is 12.5. The number of amides is 1. The first-order valence-electron chi connectivity index (χ1n) is 7.63. The molecule has 0 N–H and O–H groups in total. The second-order valence-corrected chi connectivity index (χ2v) is 5.62. The van der Waals surface area contributed by atoms with Crippen LogP contribution in [0.5, 0.6) is 5.75 Å². The quantitative estimate of drug-likeness (QED) is 0.836. The monoisotopic (exact) mass is 291 g/mol. The van der Waals surface area contributed by atoms with Crippen LogP contribution in [-0.4, -0.2) is 44.7 Å². The van der Waals surface area contributed by atoms with Gasteiger partial charge in [-0.05, 0) is 31.2 Å². The summed E-state index contributed by atoms with van der Waals surface area (Å²) in [7, 11) is 3.39. The van der Waals surface area contributed by atoms with Crippen LogP contribution >= 0.6 is 0 Å². The van der Waals surface area contributed by atoms with E-state index in [2.05, 4.69) is 0 Å². The zero-order valence-corrected chi connectivity index (χ0v) is 13.0. The van der Waals surface area contributed by atoms with Gasteiger partial charge in [0.15, 0.2) is 0 Å². The topological polar surface area (TPSA) is 38.8 Å². The fraction of sp³-hybridized carbons (Fsp3) is 0.588. The highest BCUT2D eigenvalue weighted by Gasteiger charge is 2.21. The summed E-state index contributed by atoms with van der Waals surface area (Å²) in [5, 5.41) is 0. The van der Waals surface area contributed by atoms with E-state index < -0.39 is 0 Å². The molecule has 21 heavy (non-hydrogen) atoms. The van der Waals surface area contributed by atoms with E-state index in [0.717, 1.165) is 50.3 Å². The number of nitrogens with zero attached hydrogens (tertiary/aromatic N) is 1. The molecule has 2 rings (SSSR count). The van der Waals surface area contributed by atoms with Crippen LogP contribution in [0.2, 0.25) is 0 Å². The summed E-state index contributed by atoms with van der Waals surface area (Å²) in [6, 6.07) is 7.73. The van der Waals surface area contributed by atoms with Crippen molar-refractivity contribution in [3.05, 3.63) is 29.8 Å². The molecular weight excluding hydrogens is 266 g/mol. The van der Waals surface area contributed by atoms with Gasteiger partial charge < -0.3 is 14.4 Å². The molecule has 1 unspecified atom stereocenters. The van der Waals surface area contributed by atoms with Crippen LogP contribution in [0.3, 0.4) is 0 Å². The van der Waals surface area contributed by atoms with Crippen LogP contribution in [0.15, 0.2) is 24.3 Å². The van der Waals surface area contributed by atoms with Crippen molar-refractivity contribution in [3.63, 3.8) is 0 Å². The molecule has 0 saturated carbocycles. The molecule has 1 fully saturated rings. The lowest BCUT2D eigenvalue weighted by Crippen LogP contribution is -2.33. The average Bonchev–Trinajstić information content (AvgIpc) is 2.74. The molecule has 0 radical (unpaired) electrons. The molecular formula is C17H25NO3. The fourth-order valence-corrected chi connectivity index (χ4v) is 2.94. The number of hydrogen-bond acceptors (Lipinski definition) is 3. The summed E-state index contributed by atoms with van der Waals surface area (Å²) in [6.07, 6.45) is 3.66. The molecule has 0 spiro atoms. The maximum absolute atomic E-state index is 12.5. The Morgan fingerprint density at radius 1 is 1.24 bits per heavy atom. The van der Waals surface area contributed by atoms with Gasteiger partial charge in [-0.15, -0.1) is 0 Å². The molecule has 1 saturated heterocycles. The zero-order valence-electron chi connectivity index (χ0n) is 13.0. The van der Waals surface area contributed by atoms with E-state index in [0.29, 0.717) is 12.3 Å². The predicted molar refractivity (Wildman–Crippen MR) is 82.5 cm³/mol. The van der Waals surface area contributed by atoms with Gasteiger partial charge in [0.25, 0.3) is 0 Å². The van der Waals surface area contributed by atoms with E-state index in [1.165, 1.54) is 0 Å². The predicted octanol–water partition coefficient (Wildman–Crippen LogP) is 2.51. The number of carbonyl (C=O) groups is 1. The standard InChI is InChI=1S/C17H25NO3/c1-20-13-14-6-5-10-18(11-9-14)17(19)12-15-7-3-4-8-16(15)21-2/h3-4,7-8,14H,5-6,9-13H2,1-2H3. The first kappa shape index (κ1) is 15.8. The van der Waals surface area contributed by atoms with E-state index in [-0.39, 0.29) is 5.91 Å². The largest absolute Gasteiger partial charge is 0.496 e. The minimum absolute atomic E-state index is 0.192. The van der Waals surface area contributed by atoms with Crippen LogP contribution in [-0.2, 0) is 16.0 Å². The van der Waals surface area contributed by atoms with Crippen molar-refractivity contribution in [2.45, 2.75) is 25.7 Å². The SMILES string of the molecule is COCC1CCCN(C(=O)Cc2ccccc2OC)CC1. The average molecular weight is 291 g/mol. The van der Waals surface area contributed by atoms with Crippen LogP contribution in [0.4, 0.5) is 0 Å². The Balaban J connectivity index is 1.94. The number of para-hydroxylation sites is 1. The van der Waals surface area contributed by atoms with Crippen molar-refractivity contribution < 1.29 is 14.3 Å². The molecule has 116 valence electrons. The molecule has 0 aromatic heterocycles. The van der Waals surface area contributed by atoms with Gasteiger partial charge in [0.1, 0.15) is 5.75 Å². The van der Waals surface area contributed by atoms with Crippen molar-refractivity contribution in [3.8, 4) is 5.75 Å². The normalized spacial score (nSPS) is 19.1. The first-order chi connectivity index (χ1) is 10.2. The van der Waals surface area contributed by atoms with Crippen molar-refractivity contribution >= 4 is 5.91 Å². The molecule has 0 aliphatic carbocycles. The van der Waals surface area contributed by atoms with Gasteiger partial charge in [-0.1, -0.05) is 18.2 Å². The number of likely N-dealkylation sites (tertiary alicyclic amines) is 1. The number of methoxy groups -OCH3 is 2. The molecule has 1 aliphatic heterocycles. The van der Waals surface area contributed by atoms with Crippen molar-refractivity contribution in [2.75, 3.05) is 33.9 Å². The number of benzene rings is 1. The highest BCUT2D eigenvalue weighted by Crippen LogP contribution is 2.21. The highest BCUT2D eigenvalue weighted by molar-refractivity contribution is 5.79. The third-order valence-corrected chi connectivity index (χ3v) is 4.14. The Labute approximate surface area is 127 Å². The maximum Gasteiger partial charge on any atom is 0.227 e. The first-order valence-corrected chi connectivity index (χ1v) is 7.63. The Morgan fingerprint density at radius 3 is 2.81 bits per heavy atom. The Morgan fingerprint density at radius 2 is 2.05 bits per heavy atom. The number of carbonyl (C=O) groups excluding carboxylic acids is 1. The van der Waals surface area contributed by atoms with Gasteiger partial charge in [-0.2, -0.15) is 0 Å². The van der Waals surface area contributed by atoms with Crippen LogP contribution in [0.25, 0.3) is 0 Å².